The summed E-state index contributed by atoms with van der Waals surface area (Å²) in [6.45, 7) is 9.01. The Morgan fingerprint density at radius 3 is 2.91 bits per heavy atom. The van der Waals surface area contributed by atoms with Crippen LogP contribution in [0.4, 0.5) is 0 Å². The summed E-state index contributed by atoms with van der Waals surface area (Å²) in [5.74, 6) is 0.1000. The van der Waals surface area contributed by atoms with Crippen LogP contribution in [0, 0.1) is 6.92 Å². The van der Waals surface area contributed by atoms with Crippen LogP contribution in [0.25, 0.3) is 0 Å². The summed E-state index contributed by atoms with van der Waals surface area (Å²) in [6.07, 6.45) is 0.995. The van der Waals surface area contributed by atoms with E-state index in [1.165, 1.54) is 0 Å². The average Bonchev–Trinajstić information content (AvgIpc) is 3.12. The molecule has 0 bridgehead atoms. The lowest BCUT2D eigenvalue weighted by Crippen LogP contribution is -2.36. The van der Waals surface area contributed by atoms with Crippen LogP contribution in [-0.2, 0) is 13.1 Å². The van der Waals surface area contributed by atoms with E-state index in [-0.39, 0.29) is 5.91 Å². The molecule has 1 saturated heterocycles. The van der Waals surface area contributed by atoms with Gasteiger partial charge < -0.3 is 4.90 Å². The van der Waals surface area contributed by atoms with E-state index in [2.05, 4.69) is 20.4 Å². The van der Waals surface area contributed by atoms with Crippen molar-refractivity contribution in [3.05, 3.63) is 34.0 Å². The number of nitrogens with zero attached hydrogens (tertiary/aromatic N) is 5. The molecule has 1 aliphatic heterocycles. The van der Waals surface area contributed by atoms with Crippen molar-refractivity contribution in [3.63, 3.8) is 0 Å². The van der Waals surface area contributed by atoms with Crippen molar-refractivity contribution in [1.29, 1.82) is 0 Å². The number of hydrogen-bond donors (Lipinski definition) is 0. The van der Waals surface area contributed by atoms with Gasteiger partial charge in [0, 0.05) is 44.6 Å². The zero-order valence-electron chi connectivity index (χ0n) is 13.7. The van der Waals surface area contributed by atoms with E-state index in [1.54, 1.807) is 16.0 Å². The molecule has 7 heteroatoms. The number of thiazole rings is 1. The third kappa shape index (κ3) is 3.79. The second-order valence-electron chi connectivity index (χ2n) is 5.89. The summed E-state index contributed by atoms with van der Waals surface area (Å²) < 4.78 is 1.80. The standard InChI is InChI=1S/C16H23N5OS/c1-3-21-15(9-13(2)18-21)16(22)20-6-4-5-19(7-8-20)10-14-11-23-12-17-14/h9,11-12H,3-8,10H2,1-2H3. The fourth-order valence-corrected chi connectivity index (χ4v) is 3.55. The Labute approximate surface area is 140 Å². The van der Waals surface area contributed by atoms with Crippen molar-refractivity contribution in [2.45, 2.75) is 33.4 Å². The van der Waals surface area contributed by atoms with Crippen LogP contribution in [-0.4, -0.2) is 56.7 Å². The molecule has 1 amide bonds. The van der Waals surface area contributed by atoms with E-state index in [0.29, 0.717) is 5.69 Å². The average molecular weight is 333 g/mol. The minimum Gasteiger partial charge on any atom is -0.336 e. The Morgan fingerprint density at radius 2 is 2.17 bits per heavy atom. The lowest BCUT2D eigenvalue weighted by atomic mass is 10.3. The first-order chi connectivity index (χ1) is 11.2. The highest BCUT2D eigenvalue weighted by atomic mass is 32.1. The zero-order chi connectivity index (χ0) is 16.2. The molecule has 0 N–H and O–H groups in total. The summed E-state index contributed by atoms with van der Waals surface area (Å²) in [4.78, 5) is 21.5. The minimum absolute atomic E-state index is 0.1000. The van der Waals surface area contributed by atoms with Crippen LogP contribution in [0.15, 0.2) is 17.0 Å². The minimum atomic E-state index is 0.1000. The van der Waals surface area contributed by atoms with E-state index in [0.717, 1.165) is 57.1 Å². The van der Waals surface area contributed by atoms with Crippen molar-refractivity contribution in [2.75, 3.05) is 26.2 Å². The molecule has 0 unspecified atom stereocenters. The third-order valence-electron chi connectivity index (χ3n) is 4.17. The highest BCUT2D eigenvalue weighted by Gasteiger charge is 2.23. The molecule has 0 atom stereocenters. The van der Waals surface area contributed by atoms with Gasteiger partial charge in [-0.25, -0.2) is 4.98 Å². The van der Waals surface area contributed by atoms with Gasteiger partial charge >= 0.3 is 0 Å². The maximum atomic E-state index is 12.8. The lowest BCUT2D eigenvalue weighted by molar-refractivity contribution is 0.0748. The predicted octanol–water partition coefficient (Wildman–Crippen LogP) is 2.02. The van der Waals surface area contributed by atoms with Crippen LogP contribution < -0.4 is 0 Å². The number of rotatable bonds is 4. The van der Waals surface area contributed by atoms with Crippen molar-refractivity contribution < 1.29 is 4.79 Å². The molecule has 0 aromatic carbocycles. The molecule has 0 spiro atoms. The van der Waals surface area contributed by atoms with Crippen LogP contribution in [0.2, 0.25) is 0 Å². The van der Waals surface area contributed by atoms with Crippen LogP contribution >= 0.6 is 11.3 Å². The van der Waals surface area contributed by atoms with E-state index in [4.69, 9.17) is 0 Å². The first-order valence-electron chi connectivity index (χ1n) is 8.10. The normalized spacial score (nSPS) is 16.5. The molecule has 3 rings (SSSR count). The molecule has 0 saturated carbocycles. The fourth-order valence-electron chi connectivity index (χ4n) is 3.00. The molecule has 2 aromatic heterocycles. The molecule has 1 fully saturated rings. The van der Waals surface area contributed by atoms with Gasteiger partial charge in [-0.15, -0.1) is 11.3 Å². The van der Waals surface area contributed by atoms with Gasteiger partial charge in [-0.2, -0.15) is 5.10 Å². The summed E-state index contributed by atoms with van der Waals surface area (Å²) in [5, 5.41) is 6.48. The number of aromatic nitrogens is 3. The van der Waals surface area contributed by atoms with Gasteiger partial charge in [-0.1, -0.05) is 0 Å². The summed E-state index contributed by atoms with van der Waals surface area (Å²) in [7, 11) is 0. The Bertz CT molecular complexity index is 651. The Kier molecular flexibility index (Phi) is 5.07. The van der Waals surface area contributed by atoms with Crippen LogP contribution in [0.1, 0.15) is 35.2 Å². The van der Waals surface area contributed by atoms with E-state index >= 15 is 0 Å². The zero-order valence-corrected chi connectivity index (χ0v) is 14.6. The lowest BCUT2D eigenvalue weighted by Gasteiger charge is -2.21. The number of carbonyl (C=O) groups excluding carboxylic acids is 1. The summed E-state index contributed by atoms with van der Waals surface area (Å²) in [5.41, 5.74) is 4.60. The van der Waals surface area contributed by atoms with E-state index < -0.39 is 0 Å². The van der Waals surface area contributed by atoms with Gasteiger partial charge in [0.05, 0.1) is 16.9 Å². The van der Waals surface area contributed by atoms with Crippen molar-refractivity contribution in [1.82, 2.24) is 24.6 Å². The molecule has 6 nitrogen and oxygen atoms in total. The molecule has 2 aromatic rings. The first kappa shape index (κ1) is 16.1. The largest absolute Gasteiger partial charge is 0.336 e. The molecule has 0 radical (unpaired) electrons. The first-order valence-corrected chi connectivity index (χ1v) is 9.05. The van der Waals surface area contributed by atoms with Crippen LogP contribution in [0.5, 0.6) is 0 Å². The monoisotopic (exact) mass is 333 g/mol. The maximum Gasteiger partial charge on any atom is 0.272 e. The number of amides is 1. The van der Waals surface area contributed by atoms with Gasteiger partial charge in [0.2, 0.25) is 0 Å². The Balaban J connectivity index is 1.64. The number of hydrogen-bond acceptors (Lipinski definition) is 5. The third-order valence-corrected chi connectivity index (χ3v) is 4.80. The van der Waals surface area contributed by atoms with Gasteiger partial charge in [-0.05, 0) is 26.3 Å². The van der Waals surface area contributed by atoms with Gasteiger partial charge in [0.15, 0.2) is 0 Å². The molecule has 0 aliphatic carbocycles. The summed E-state index contributed by atoms with van der Waals surface area (Å²) >= 11 is 1.63. The van der Waals surface area contributed by atoms with Gasteiger partial charge in [0.1, 0.15) is 5.69 Å². The number of carbonyl (C=O) groups is 1. The summed E-state index contributed by atoms with van der Waals surface area (Å²) in [6, 6.07) is 1.89. The number of aryl methyl sites for hydroxylation is 2. The highest BCUT2D eigenvalue weighted by molar-refractivity contribution is 7.07. The highest BCUT2D eigenvalue weighted by Crippen LogP contribution is 2.13. The maximum absolute atomic E-state index is 12.8. The second kappa shape index (κ2) is 7.23. The smallest absolute Gasteiger partial charge is 0.272 e. The topological polar surface area (TPSA) is 54.3 Å². The SMILES string of the molecule is CCn1nc(C)cc1C(=O)N1CCCN(Cc2cscn2)CC1. The quantitative estimate of drug-likeness (QED) is 0.859. The van der Waals surface area contributed by atoms with Crippen molar-refractivity contribution in [2.24, 2.45) is 0 Å². The Hall–Kier alpha value is -1.73. The van der Waals surface area contributed by atoms with Gasteiger partial charge in [-0.3, -0.25) is 14.4 Å². The molecule has 1 aliphatic rings. The second-order valence-corrected chi connectivity index (χ2v) is 6.61. The molecule has 3 heterocycles. The molecule has 124 valence electrons. The Morgan fingerprint density at radius 1 is 1.30 bits per heavy atom. The molecular formula is C16H23N5OS. The molecule has 23 heavy (non-hydrogen) atoms. The van der Waals surface area contributed by atoms with Gasteiger partial charge in [0.25, 0.3) is 5.91 Å². The fraction of sp³-hybridized carbons (Fsp3) is 0.562. The van der Waals surface area contributed by atoms with Crippen molar-refractivity contribution >= 4 is 17.2 Å². The predicted molar refractivity (Wildman–Crippen MR) is 90.5 cm³/mol. The van der Waals surface area contributed by atoms with E-state index in [9.17, 15) is 4.79 Å². The van der Waals surface area contributed by atoms with Crippen LogP contribution in [0.3, 0.4) is 0 Å². The molecular weight excluding hydrogens is 310 g/mol. The van der Waals surface area contributed by atoms with E-state index in [1.807, 2.05) is 30.3 Å². The van der Waals surface area contributed by atoms with Crippen molar-refractivity contribution in [3.8, 4) is 0 Å².